The molecule has 2 aliphatic carbocycles. The Kier molecular flexibility index (Phi) is 3.37. The molecule has 2 nitrogen and oxygen atoms in total. The van der Waals surface area contributed by atoms with Gasteiger partial charge in [0.1, 0.15) is 5.75 Å². The molecule has 0 saturated heterocycles. The quantitative estimate of drug-likeness (QED) is 0.916. The molecule has 98 valence electrons. The van der Waals surface area contributed by atoms with E-state index in [9.17, 15) is 5.11 Å². The van der Waals surface area contributed by atoms with E-state index in [4.69, 9.17) is 4.74 Å². The molecule has 0 amide bonds. The van der Waals surface area contributed by atoms with Crippen LogP contribution in [0.4, 0.5) is 0 Å². The molecule has 2 fully saturated rings. The van der Waals surface area contributed by atoms with Crippen molar-refractivity contribution in [2.75, 3.05) is 7.11 Å². The van der Waals surface area contributed by atoms with Crippen LogP contribution in [0.25, 0.3) is 0 Å². The zero-order valence-corrected chi connectivity index (χ0v) is 12.2. The van der Waals surface area contributed by atoms with Crippen molar-refractivity contribution in [2.24, 2.45) is 17.8 Å². The Morgan fingerprint density at radius 3 is 2.56 bits per heavy atom. The van der Waals surface area contributed by atoms with E-state index in [2.05, 4.69) is 15.9 Å². The molecule has 1 aromatic carbocycles. The first-order chi connectivity index (χ1) is 8.72. The highest BCUT2D eigenvalue weighted by molar-refractivity contribution is 9.10. The first-order valence-electron chi connectivity index (χ1n) is 6.74. The van der Waals surface area contributed by atoms with Gasteiger partial charge in [-0.1, -0.05) is 28.8 Å². The smallest absolute Gasteiger partial charge is 0.124 e. The van der Waals surface area contributed by atoms with E-state index in [1.54, 1.807) is 7.11 Å². The lowest BCUT2D eigenvalue weighted by molar-refractivity contribution is 0.138. The van der Waals surface area contributed by atoms with Gasteiger partial charge in [0.15, 0.2) is 0 Å². The van der Waals surface area contributed by atoms with Crippen molar-refractivity contribution in [2.45, 2.75) is 31.8 Å². The SMILES string of the molecule is COc1ccc(Br)cc1C(O)C1C2CCCCC21. The van der Waals surface area contributed by atoms with Crippen LogP contribution in [-0.2, 0) is 0 Å². The largest absolute Gasteiger partial charge is 0.496 e. The van der Waals surface area contributed by atoms with Gasteiger partial charge in [0, 0.05) is 10.0 Å². The summed E-state index contributed by atoms with van der Waals surface area (Å²) in [5.74, 6) is 2.75. The summed E-state index contributed by atoms with van der Waals surface area (Å²) in [4.78, 5) is 0. The van der Waals surface area contributed by atoms with E-state index >= 15 is 0 Å². The number of fused-ring (bicyclic) bond motifs is 1. The van der Waals surface area contributed by atoms with E-state index in [-0.39, 0.29) is 6.10 Å². The first-order valence-corrected chi connectivity index (χ1v) is 7.53. The summed E-state index contributed by atoms with van der Waals surface area (Å²) in [7, 11) is 1.67. The summed E-state index contributed by atoms with van der Waals surface area (Å²) in [5.41, 5.74) is 0.936. The zero-order chi connectivity index (χ0) is 12.7. The summed E-state index contributed by atoms with van der Waals surface area (Å²) < 4.78 is 6.37. The molecule has 3 atom stereocenters. The van der Waals surface area contributed by atoms with Crippen molar-refractivity contribution in [3.63, 3.8) is 0 Å². The molecule has 1 N–H and O–H groups in total. The maximum atomic E-state index is 10.6. The number of halogens is 1. The summed E-state index contributed by atoms with van der Waals surface area (Å²) in [6.45, 7) is 0. The Hall–Kier alpha value is -0.540. The van der Waals surface area contributed by atoms with Gasteiger partial charge in [-0.2, -0.15) is 0 Å². The van der Waals surface area contributed by atoms with E-state index < -0.39 is 0 Å². The Bertz CT molecular complexity index is 434. The summed E-state index contributed by atoms with van der Waals surface area (Å²) in [5, 5.41) is 10.6. The highest BCUT2D eigenvalue weighted by atomic mass is 79.9. The van der Waals surface area contributed by atoms with Gasteiger partial charge >= 0.3 is 0 Å². The van der Waals surface area contributed by atoms with E-state index in [1.807, 2.05) is 18.2 Å². The molecule has 2 saturated carbocycles. The molecule has 1 aromatic rings. The lowest BCUT2D eigenvalue weighted by atomic mass is 10.0. The monoisotopic (exact) mass is 310 g/mol. The number of benzene rings is 1. The minimum Gasteiger partial charge on any atom is -0.496 e. The number of aliphatic hydroxyl groups is 1. The second-order valence-corrected chi connectivity index (χ2v) is 6.44. The summed E-state index contributed by atoms with van der Waals surface area (Å²) in [6.07, 6.45) is 4.89. The molecule has 0 spiro atoms. The van der Waals surface area contributed by atoms with Crippen molar-refractivity contribution in [3.8, 4) is 5.75 Å². The molecule has 0 bridgehead atoms. The number of rotatable bonds is 3. The summed E-state index contributed by atoms with van der Waals surface area (Å²) >= 11 is 3.47. The van der Waals surface area contributed by atoms with Crippen LogP contribution in [-0.4, -0.2) is 12.2 Å². The number of ether oxygens (including phenoxy) is 1. The van der Waals surface area contributed by atoms with Crippen molar-refractivity contribution in [1.29, 1.82) is 0 Å². The molecule has 3 heteroatoms. The standard InChI is InChI=1S/C15H19BrO2/c1-18-13-7-6-9(16)8-12(13)15(17)14-10-4-2-3-5-11(10)14/h6-8,10-11,14-15,17H,2-5H2,1H3. The minimum absolute atomic E-state index is 0.370. The van der Waals surface area contributed by atoms with Crippen LogP contribution in [0.15, 0.2) is 22.7 Å². The predicted molar refractivity (Wildman–Crippen MR) is 74.6 cm³/mol. The second kappa shape index (κ2) is 4.86. The van der Waals surface area contributed by atoms with Crippen LogP contribution < -0.4 is 4.74 Å². The molecule has 0 radical (unpaired) electrons. The van der Waals surface area contributed by atoms with Gasteiger partial charge in [-0.25, -0.2) is 0 Å². The Morgan fingerprint density at radius 2 is 1.94 bits per heavy atom. The highest BCUT2D eigenvalue weighted by Gasteiger charge is 2.54. The normalized spacial score (nSPS) is 31.6. The third kappa shape index (κ3) is 2.08. The lowest BCUT2D eigenvalue weighted by Crippen LogP contribution is -2.05. The minimum atomic E-state index is -0.370. The fourth-order valence-corrected chi connectivity index (χ4v) is 4.04. The average molecular weight is 311 g/mol. The van der Waals surface area contributed by atoms with Gasteiger partial charge in [-0.15, -0.1) is 0 Å². The molecular formula is C15H19BrO2. The topological polar surface area (TPSA) is 29.5 Å². The van der Waals surface area contributed by atoms with Crippen LogP contribution in [0.5, 0.6) is 5.75 Å². The van der Waals surface area contributed by atoms with Crippen molar-refractivity contribution in [3.05, 3.63) is 28.2 Å². The molecular weight excluding hydrogens is 292 g/mol. The maximum Gasteiger partial charge on any atom is 0.124 e. The first kappa shape index (κ1) is 12.5. The zero-order valence-electron chi connectivity index (χ0n) is 10.6. The maximum absolute atomic E-state index is 10.6. The highest BCUT2D eigenvalue weighted by Crippen LogP contribution is 2.61. The molecule has 18 heavy (non-hydrogen) atoms. The van der Waals surface area contributed by atoms with E-state index in [0.29, 0.717) is 5.92 Å². The van der Waals surface area contributed by atoms with Crippen LogP contribution in [0.2, 0.25) is 0 Å². The van der Waals surface area contributed by atoms with Crippen LogP contribution in [0, 0.1) is 17.8 Å². The molecule has 2 aliphatic rings. The second-order valence-electron chi connectivity index (χ2n) is 5.52. The third-order valence-corrected chi connectivity index (χ3v) is 5.09. The van der Waals surface area contributed by atoms with Crippen LogP contribution in [0.1, 0.15) is 37.4 Å². The van der Waals surface area contributed by atoms with Crippen molar-refractivity contribution >= 4 is 15.9 Å². The fourth-order valence-electron chi connectivity index (χ4n) is 3.66. The number of methoxy groups -OCH3 is 1. The van der Waals surface area contributed by atoms with E-state index in [0.717, 1.165) is 27.6 Å². The van der Waals surface area contributed by atoms with Crippen molar-refractivity contribution < 1.29 is 9.84 Å². The van der Waals surface area contributed by atoms with Gasteiger partial charge < -0.3 is 9.84 Å². The predicted octanol–water partition coefficient (Wildman–Crippen LogP) is 3.93. The lowest BCUT2D eigenvalue weighted by Gasteiger charge is -2.15. The molecule has 3 rings (SSSR count). The molecule has 0 aromatic heterocycles. The molecule has 0 heterocycles. The van der Waals surface area contributed by atoms with Crippen LogP contribution >= 0.6 is 15.9 Å². The van der Waals surface area contributed by atoms with Crippen molar-refractivity contribution in [1.82, 2.24) is 0 Å². The van der Waals surface area contributed by atoms with E-state index in [1.165, 1.54) is 25.7 Å². The fraction of sp³-hybridized carbons (Fsp3) is 0.600. The van der Waals surface area contributed by atoms with Gasteiger partial charge in [-0.3, -0.25) is 0 Å². The Labute approximate surface area is 116 Å². The van der Waals surface area contributed by atoms with Gasteiger partial charge in [0.05, 0.1) is 13.2 Å². The average Bonchev–Trinajstić information content (AvgIpc) is 3.12. The Balaban J connectivity index is 1.84. The number of aliphatic hydroxyl groups excluding tert-OH is 1. The summed E-state index contributed by atoms with van der Waals surface area (Å²) in [6, 6.07) is 5.87. The van der Waals surface area contributed by atoms with Gasteiger partial charge in [0.2, 0.25) is 0 Å². The van der Waals surface area contributed by atoms with Gasteiger partial charge in [-0.05, 0) is 48.8 Å². The molecule has 3 unspecified atom stereocenters. The Morgan fingerprint density at radius 1 is 1.28 bits per heavy atom. The van der Waals surface area contributed by atoms with Crippen LogP contribution in [0.3, 0.4) is 0 Å². The molecule has 0 aliphatic heterocycles. The number of hydrogen-bond donors (Lipinski definition) is 1. The van der Waals surface area contributed by atoms with Gasteiger partial charge in [0.25, 0.3) is 0 Å². The number of hydrogen-bond acceptors (Lipinski definition) is 2. The third-order valence-electron chi connectivity index (χ3n) is 4.60.